The van der Waals surface area contributed by atoms with Crippen LogP contribution in [0, 0.1) is 0 Å². The highest BCUT2D eigenvalue weighted by Gasteiger charge is 2.10. The first-order valence-corrected chi connectivity index (χ1v) is 9.08. The van der Waals surface area contributed by atoms with Crippen molar-refractivity contribution in [1.82, 2.24) is 10.7 Å². The zero-order valence-corrected chi connectivity index (χ0v) is 16.7. The summed E-state index contributed by atoms with van der Waals surface area (Å²) in [6.07, 6.45) is 3.36. The van der Waals surface area contributed by atoms with E-state index in [1.807, 2.05) is 24.3 Å². The van der Waals surface area contributed by atoms with E-state index in [0.29, 0.717) is 38.0 Å². The fourth-order valence-corrected chi connectivity index (χ4v) is 2.67. The van der Waals surface area contributed by atoms with Gasteiger partial charge in [-0.3, -0.25) is 5.43 Å². The van der Waals surface area contributed by atoms with Crippen LogP contribution >= 0.6 is 47.0 Å². The molecule has 2 N–H and O–H groups in total. The minimum atomic E-state index is 0.219. The molecule has 136 valence electrons. The van der Waals surface area contributed by atoms with Crippen LogP contribution in [0.4, 0.5) is 0 Å². The number of thiocarbonyl (C=S) groups is 1. The quantitative estimate of drug-likeness (QED) is 0.209. The SMILES string of the molecule is C=CCNC(=S)NN=Cc1ccc(OCc2c(Cl)ccc(Cl)c2Cl)cc1. The van der Waals surface area contributed by atoms with E-state index in [2.05, 4.69) is 22.4 Å². The summed E-state index contributed by atoms with van der Waals surface area (Å²) in [5, 5.41) is 8.73. The Kier molecular flexibility index (Phi) is 8.19. The lowest BCUT2D eigenvalue weighted by atomic mass is 10.2. The number of ether oxygens (including phenoxy) is 1. The monoisotopic (exact) mass is 427 g/mol. The van der Waals surface area contributed by atoms with Crippen LogP contribution in [0.5, 0.6) is 5.75 Å². The summed E-state index contributed by atoms with van der Waals surface area (Å²) in [5.74, 6) is 0.672. The van der Waals surface area contributed by atoms with Crippen molar-refractivity contribution in [2.75, 3.05) is 6.54 Å². The normalized spacial score (nSPS) is 10.6. The first-order valence-electron chi connectivity index (χ1n) is 7.54. The van der Waals surface area contributed by atoms with Crippen LogP contribution in [0.2, 0.25) is 15.1 Å². The number of benzene rings is 2. The summed E-state index contributed by atoms with van der Waals surface area (Å²) in [5.41, 5.74) is 4.25. The van der Waals surface area contributed by atoms with Gasteiger partial charge in [-0.2, -0.15) is 5.10 Å². The average molecular weight is 429 g/mol. The van der Waals surface area contributed by atoms with Crippen molar-refractivity contribution in [2.24, 2.45) is 5.10 Å². The van der Waals surface area contributed by atoms with Gasteiger partial charge < -0.3 is 10.1 Å². The second-order valence-electron chi connectivity index (χ2n) is 5.05. The predicted octanol–water partition coefficient (Wildman–Crippen LogP) is 5.21. The highest BCUT2D eigenvalue weighted by Crippen LogP contribution is 2.32. The van der Waals surface area contributed by atoms with E-state index in [1.54, 1.807) is 24.4 Å². The molecule has 0 amide bonds. The summed E-state index contributed by atoms with van der Waals surface area (Å²) < 4.78 is 5.72. The molecule has 0 radical (unpaired) electrons. The van der Waals surface area contributed by atoms with Crippen molar-refractivity contribution in [3.05, 3.63) is 75.2 Å². The molecular formula is C18H16Cl3N3OS. The Balaban J connectivity index is 1.91. The fraction of sp³-hybridized carbons (Fsp3) is 0.111. The highest BCUT2D eigenvalue weighted by atomic mass is 35.5. The fourth-order valence-electron chi connectivity index (χ4n) is 1.88. The third-order valence-electron chi connectivity index (χ3n) is 3.19. The highest BCUT2D eigenvalue weighted by molar-refractivity contribution is 7.80. The van der Waals surface area contributed by atoms with Crippen molar-refractivity contribution in [2.45, 2.75) is 6.61 Å². The van der Waals surface area contributed by atoms with Crippen molar-refractivity contribution in [3.63, 3.8) is 0 Å². The van der Waals surface area contributed by atoms with Gasteiger partial charge in [-0.15, -0.1) is 6.58 Å². The summed E-state index contributed by atoms with van der Waals surface area (Å²) in [4.78, 5) is 0. The van der Waals surface area contributed by atoms with E-state index in [-0.39, 0.29) is 6.61 Å². The Morgan fingerprint density at radius 3 is 2.50 bits per heavy atom. The Morgan fingerprint density at radius 1 is 1.12 bits per heavy atom. The molecule has 2 aromatic carbocycles. The maximum Gasteiger partial charge on any atom is 0.187 e. The van der Waals surface area contributed by atoms with Crippen molar-refractivity contribution in [3.8, 4) is 5.75 Å². The van der Waals surface area contributed by atoms with Gasteiger partial charge in [0, 0.05) is 17.1 Å². The maximum atomic E-state index is 6.16. The minimum absolute atomic E-state index is 0.219. The lowest BCUT2D eigenvalue weighted by Crippen LogP contribution is -2.31. The third kappa shape index (κ3) is 6.18. The molecule has 0 fully saturated rings. The molecular weight excluding hydrogens is 413 g/mol. The van der Waals surface area contributed by atoms with Gasteiger partial charge in [0.1, 0.15) is 12.4 Å². The minimum Gasteiger partial charge on any atom is -0.489 e. The molecule has 0 saturated heterocycles. The number of hydrogen-bond acceptors (Lipinski definition) is 3. The molecule has 2 aromatic rings. The summed E-state index contributed by atoms with van der Waals surface area (Å²) in [7, 11) is 0. The van der Waals surface area contributed by atoms with Crippen LogP contribution < -0.4 is 15.5 Å². The average Bonchev–Trinajstić information content (AvgIpc) is 2.64. The molecule has 4 nitrogen and oxygen atoms in total. The molecule has 0 heterocycles. The summed E-state index contributed by atoms with van der Waals surface area (Å²) >= 11 is 23.3. The van der Waals surface area contributed by atoms with Crippen LogP contribution in [0.15, 0.2) is 54.2 Å². The van der Waals surface area contributed by atoms with E-state index < -0.39 is 0 Å². The Labute approximate surface area is 172 Å². The van der Waals surface area contributed by atoms with E-state index in [0.717, 1.165) is 5.56 Å². The number of nitrogens with zero attached hydrogens (tertiary/aromatic N) is 1. The topological polar surface area (TPSA) is 45.7 Å². The van der Waals surface area contributed by atoms with E-state index in [1.165, 1.54) is 0 Å². The van der Waals surface area contributed by atoms with Crippen LogP contribution in [0.25, 0.3) is 0 Å². The number of nitrogens with one attached hydrogen (secondary N) is 2. The smallest absolute Gasteiger partial charge is 0.187 e. The molecule has 0 aliphatic heterocycles. The molecule has 2 rings (SSSR count). The number of rotatable bonds is 7. The van der Waals surface area contributed by atoms with Crippen molar-refractivity contribution in [1.29, 1.82) is 0 Å². The molecule has 0 saturated carbocycles. The summed E-state index contributed by atoms with van der Waals surface area (Å²) in [6, 6.07) is 10.7. The van der Waals surface area contributed by atoms with E-state index >= 15 is 0 Å². The molecule has 0 bridgehead atoms. The van der Waals surface area contributed by atoms with Crippen molar-refractivity contribution < 1.29 is 4.74 Å². The van der Waals surface area contributed by atoms with Gasteiger partial charge in [-0.1, -0.05) is 40.9 Å². The zero-order valence-electron chi connectivity index (χ0n) is 13.6. The lowest BCUT2D eigenvalue weighted by molar-refractivity contribution is 0.306. The number of hydrogen-bond donors (Lipinski definition) is 2. The lowest BCUT2D eigenvalue weighted by Gasteiger charge is -2.10. The molecule has 0 spiro atoms. The van der Waals surface area contributed by atoms with Crippen molar-refractivity contribution >= 4 is 58.3 Å². The van der Waals surface area contributed by atoms with Gasteiger partial charge in [0.05, 0.1) is 16.3 Å². The third-order valence-corrected chi connectivity index (χ3v) is 4.62. The van der Waals surface area contributed by atoms with Crippen LogP contribution in [-0.2, 0) is 6.61 Å². The van der Waals surface area contributed by atoms with Gasteiger partial charge in [-0.05, 0) is 54.2 Å². The van der Waals surface area contributed by atoms with Crippen LogP contribution in [-0.4, -0.2) is 17.9 Å². The number of hydrazone groups is 1. The second kappa shape index (κ2) is 10.4. The molecule has 0 aromatic heterocycles. The van der Waals surface area contributed by atoms with E-state index in [4.69, 9.17) is 51.8 Å². The predicted molar refractivity (Wildman–Crippen MR) is 114 cm³/mol. The molecule has 26 heavy (non-hydrogen) atoms. The Morgan fingerprint density at radius 2 is 1.81 bits per heavy atom. The summed E-state index contributed by atoms with van der Waals surface area (Å²) in [6.45, 7) is 4.39. The second-order valence-corrected chi connectivity index (χ2v) is 6.65. The molecule has 0 aliphatic rings. The first kappa shape index (κ1) is 20.5. The van der Waals surface area contributed by atoms with Gasteiger partial charge in [-0.25, -0.2) is 0 Å². The van der Waals surface area contributed by atoms with E-state index in [9.17, 15) is 0 Å². The maximum absolute atomic E-state index is 6.16. The van der Waals surface area contributed by atoms with Crippen LogP contribution in [0.3, 0.4) is 0 Å². The Hall–Kier alpha value is -1.79. The zero-order chi connectivity index (χ0) is 18.9. The van der Waals surface area contributed by atoms with Gasteiger partial charge in [0.15, 0.2) is 5.11 Å². The van der Waals surface area contributed by atoms with Gasteiger partial charge in [0.2, 0.25) is 0 Å². The van der Waals surface area contributed by atoms with Gasteiger partial charge >= 0.3 is 0 Å². The first-order chi connectivity index (χ1) is 12.5. The standard InChI is InChI=1S/C18H16Cl3N3OS/c1-2-9-22-18(26)24-23-10-12-3-5-13(6-4-12)25-11-14-15(19)7-8-16(20)17(14)21/h2-8,10H,1,9,11H2,(H2,22,24,26). The molecule has 0 unspecified atom stereocenters. The molecule has 0 aliphatic carbocycles. The molecule has 0 atom stereocenters. The largest absolute Gasteiger partial charge is 0.489 e. The molecule has 8 heteroatoms. The van der Waals surface area contributed by atoms with Gasteiger partial charge in [0.25, 0.3) is 0 Å². The van der Waals surface area contributed by atoms with Crippen LogP contribution in [0.1, 0.15) is 11.1 Å². The number of halogens is 3. The Bertz CT molecular complexity index is 810.